The van der Waals surface area contributed by atoms with Crippen molar-refractivity contribution in [3.63, 3.8) is 0 Å². The van der Waals surface area contributed by atoms with Gasteiger partial charge in [-0.15, -0.1) is 0 Å². The molecule has 2 aromatic heterocycles. The third kappa shape index (κ3) is 2.16. The van der Waals surface area contributed by atoms with Crippen molar-refractivity contribution in [3.8, 4) is 11.3 Å². The van der Waals surface area contributed by atoms with E-state index in [0.717, 1.165) is 6.07 Å². The molecule has 134 valence electrons. The number of hydrogen-bond donors (Lipinski definition) is 1. The van der Waals surface area contributed by atoms with Gasteiger partial charge in [-0.05, 0) is 32.0 Å². The van der Waals surface area contributed by atoms with Gasteiger partial charge in [-0.3, -0.25) is 4.79 Å². The molecular formula is C19H16F3N3O. The summed E-state index contributed by atoms with van der Waals surface area (Å²) < 4.78 is 39.7. The molecule has 0 unspecified atom stereocenters. The van der Waals surface area contributed by atoms with E-state index in [0.29, 0.717) is 27.9 Å². The minimum absolute atomic E-state index is 0.0322. The van der Waals surface area contributed by atoms with E-state index in [1.807, 2.05) is 13.8 Å². The Morgan fingerprint density at radius 1 is 1.12 bits per heavy atom. The van der Waals surface area contributed by atoms with E-state index in [1.165, 1.54) is 12.3 Å². The van der Waals surface area contributed by atoms with Gasteiger partial charge in [-0.25, -0.2) is 4.98 Å². The average molecular weight is 359 g/mol. The molecule has 0 saturated carbocycles. The number of pyridine rings is 1. The average Bonchev–Trinajstić information content (AvgIpc) is 3.08. The molecular weight excluding hydrogens is 343 g/mol. The molecule has 0 atom stereocenters. The first-order chi connectivity index (χ1) is 12.1. The van der Waals surface area contributed by atoms with Crippen molar-refractivity contribution in [1.29, 1.82) is 0 Å². The second-order valence-electron chi connectivity index (χ2n) is 6.94. The maximum Gasteiger partial charge on any atom is 0.418 e. The van der Waals surface area contributed by atoms with Crippen molar-refractivity contribution in [1.82, 2.24) is 14.9 Å². The van der Waals surface area contributed by atoms with Gasteiger partial charge in [-0.1, -0.05) is 12.1 Å². The third-order valence-corrected chi connectivity index (χ3v) is 5.15. The van der Waals surface area contributed by atoms with E-state index in [1.54, 1.807) is 30.1 Å². The molecule has 1 N–H and O–H groups in total. The van der Waals surface area contributed by atoms with Crippen LogP contribution in [0, 0.1) is 0 Å². The van der Waals surface area contributed by atoms with Crippen LogP contribution in [0.4, 0.5) is 13.2 Å². The molecule has 0 saturated heterocycles. The van der Waals surface area contributed by atoms with Gasteiger partial charge < -0.3 is 9.88 Å². The van der Waals surface area contributed by atoms with Crippen LogP contribution < -0.4 is 0 Å². The molecule has 1 aromatic carbocycles. The Kier molecular flexibility index (Phi) is 3.26. The highest BCUT2D eigenvalue weighted by atomic mass is 19.4. The number of alkyl halides is 3. The second kappa shape index (κ2) is 5.09. The standard InChI is InChI=1S/C19H16F3N3O/c1-18(2)16-11(17(26)25(18)3)7-8-14(24-16)12-9-23-15-10(12)5-4-6-13(15)19(20,21)22/h4-9,23H,1-3H3. The number of carbonyl (C=O) groups is 1. The summed E-state index contributed by atoms with van der Waals surface area (Å²) in [5.74, 6) is -0.109. The van der Waals surface area contributed by atoms with Gasteiger partial charge >= 0.3 is 6.18 Å². The van der Waals surface area contributed by atoms with E-state index in [-0.39, 0.29) is 11.4 Å². The molecule has 3 aromatic rings. The lowest BCUT2D eigenvalue weighted by atomic mass is 9.98. The van der Waals surface area contributed by atoms with Crippen LogP contribution in [0.1, 0.15) is 35.5 Å². The molecule has 7 heteroatoms. The van der Waals surface area contributed by atoms with Crippen molar-refractivity contribution >= 4 is 16.8 Å². The molecule has 0 spiro atoms. The zero-order valence-corrected chi connectivity index (χ0v) is 14.4. The van der Waals surface area contributed by atoms with Crippen molar-refractivity contribution in [2.75, 3.05) is 7.05 Å². The summed E-state index contributed by atoms with van der Waals surface area (Å²) in [5.41, 5.74) is 1.01. The van der Waals surface area contributed by atoms with Crippen LogP contribution >= 0.6 is 0 Å². The summed E-state index contributed by atoms with van der Waals surface area (Å²) >= 11 is 0. The first-order valence-corrected chi connectivity index (χ1v) is 8.09. The van der Waals surface area contributed by atoms with E-state index >= 15 is 0 Å². The highest BCUT2D eigenvalue weighted by molar-refractivity contribution is 6.00. The number of para-hydroxylation sites is 1. The van der Waals surface area contributed by atoms with Crippen LogP contribution in [0.25, 0.3) is 22.2 Å². The van der Waals surface area contributed by atoms with Crippen LogP contribution in [0.3, 0.4) is 0 Å². The van der Waals surface area contributed by atoms with E-state index in [2.05, 4.69) is 9.97 Å². The maximum atomic E-state index is 13.2. The Labute approximate surface area is 147 Å². The summed E-state index contributed by atoms with van der Waals surface area (Å²) in [6, 6.07) is 7.44. The van der Waals surface area contributed by atoms with Crippen LogP contribution in [0.2, 0.25) is 0 Å². The number of amides is 1. The zero-order valence-electron chi connectivity index (χ0n) is 14.4. The minimum Gasteiger partial charge on any atom is -0.360 e. The summed E-state index contributed by atoms with van der Waals surface area (Å²) in [6.45, 7) is 3.79. The van der Waals surface area contributed by atoms with Crippen LogP contribution in [-0.4, -0.2) is 27.8 Å². The number of fused-ring (bicyclic) bond motifs is 2. The fraction of sp³-hybridized carbons (Fsp3) is 0.263. The summed E-state index contributed by atoms with van der Waals surface area (Å²) in [5, 5.41) is 0.447. The van der Waals surface area contributed by atoms with Gasteiger partial charge in [0.15, 0.2) is 0 Å². The molecule has 1 aliphatic heterocycles. The predicted octanol–water partition coefficient (Wildman–Crippen LogP) is 4.57. The smallest absolute Gasteiger partial charge is 0.360 e. The topological polar surface area (TPSA) is 49.0 Å². The van der Waals surface area contributed by atoms with E-state index in [4.69, 9.17) is 0 Å². The Balaban J connectivity index is 1.91. The molecule has 0 aliphatic carbocycles. The van der Waals surface area contributed by atoms with Gasteiger partial charge in [0.05, 0.1) is 33.6 Å². The van der Waals surface area contributed by atoms with Gasteiger partial charge in [0.2, 0.25) is 0 Å². The van der Waals surface area contributed by atoms with E-state index < -0.39 is 17.3 Å². The number of H-pyrrole nitrogens is 1. The minimum atomic E-state index is -4.44. The van der Waals surface area contributed by atoms with Gasteiger partial charge in [-0.2, -0.15) is 13.2 Å². The summed E-state index contributed by atoms with van der Waals surface area (Å²) in [7, 11) is 1.71. The number of benzene rings is 1. The Morgan fingerprint density at radius 3 is 2.54 bits per heavy atom. The Bertz CT molecular complexity index is 1050. The molecule has 0 bridgehead atoms. The van der Waals surface area contributed by atoms with Crippen molar-refractivity contribution < 1.29 is 18.0 Å². The molecule has 1 aliphatic rings. The number of carbonyl (C=O) groups excluding carboxylic acids is 1. The fourth-order valence-corrected chi connectivity index (χ4v) is 3.44. The molecule has 1 amide bonds. The lowest BCUT2D eigenvalue weighted by Gasteiger charge is -2.27. The molecule has 3 heterocycles. The lowest BCUT2D eigenvalue weighted by Crippen LogP contribution is -2.35. The highest BCUT2D eigenvalue weighted by Gasteiger charge is 2.42. The van der Waals surface area contributed by atoms with Crippen molar-refractivity contribution in [2.24, 2.45) is 0 Å². The number of hydrogen-bond acceptors (Lipinski definition) is 2. The van der Waals surface area contributed by atoms with Crippen LogP contribution in [0.5, 0.6) is 0 Å². The lowest BCUT2D eigenvalue weighted by molar-refractivity contribution is -0.136. The number of aromatic amines is 1. The molecule has 26 heavy (non-hydrogen) atoms. The van der Waals surface area contributed by atoms with Crippen molar-refractivity contribution in [3.05, 3.63) is 53.3 Å². The largest absolute Gasteiger partial charge is 0.418 e. The molecule has 0 radical (unpaired) electrons. The normalized spacial score (nSPS) is 16.4. The fourth-order valence-electron chi connectivity index (χ4n) is 3.44. The Morgan fingerprint density at radius 2 is 1.85 bits per heavy atom. The van der Waals surface area contributed by atoms with Gasteiger partial charge in [0.25, 0.3) is 5.91 Å². The van der Waals surface area contributed by atoms with Crippen molar-refractivity contribution in [2.45, 2.75) is 25.6 Å². The third-order valence-electron chi connectivity index (χ3n) is 5.15. The number of nitrogens with one attached hydrogen (secondary N) is 1. The van der Waals surface area contributed by atoms with Gasteiger partial charge in [0.1, 0.15) is 0 Å². The number of rotatable bonds is 1. The van der Waals surface area contributed by atoms with E-state index in [9.17, 15) is 18.0 Å². The second-order valence-corrected chi connectivity index (χ2v) is 6.94. The SMILES string of the molecule is CN1C(=O)c2ccc(-c3c[nH]c4c(C(F)(F)F)cccc34)nc2C1(C)C. The predicted molar refractivity (Wildman–Crippen MR) is 91.7 cm³/mol. The van der Waals surface area contributed by atoms with Crippen LogP contribution in [0.15, 0.2) is 36.5 Å². The zero-order chi connectivity index (χ0) is 18.9. The quantitative estimate of drug-likeness (QED) is 0.692. The summed E-state index contributed by atoms with van der Waals surface area (Å²) in [4.78, 5) is 21.3. The maximum absolute atomic E-state index is 13.2. The molecule has 4 nitrogen and oxygen atoms in total. The number of halogens is 3. The summed E-state index contributed by atoms with van der Waals surface area (Å²) in [6.07, 6.45) is -2.91. The highest BCUT2D eigenvalue weighted by Crippen LogP contribution is 2.40. The molecule has 0 fully saturated rings. The number of nitrogens with zero attached hydrogens (tertiary/aromatic N) is 2. The van der Waals surface area contributed by atoms with Gasteiger partial charge in [0, 0.05) is 24.2 Å². The van der Waals surface area contributed by atoms with Crippen LogP contribution in [-0.2, 0) is 11.7 Å². The first kappa shape index (κ1) is 16.6. The Hall–Kier alpha value is -2.83. The molecule has 4 rings (SSSR count). The first-order valence-electron chi connectivity index (χ1n) is 8.09. The number of aromatic nitrogens is 2. The monoisotopic (exact) mass is 359 g/mol.